The van der Waals surface area contributed by atoms with Crippen LogP contribution in [0, 0.1) is 5.92 Å². The van der Waals surface area contributed by atoms with E-state index in [1.165, 1.54) is 0 Å². The molecule has 21 heavy (non-hydrogen) atoms. The van der Waals surface area contributed by atoms with Crippen LogP contribution in [0.15, 0.2) is 35.4 Å². The summed E-state index contributed by atoms with van der Waals surface area (Å²) >= 11 is 0. The molecule has 0 heterocycles. The molecule has 1 amide bonds. The first kappa shape index (κ1) is 15.4. The Morgan fingerprint density at radius 1 is 1.43 bits per heavy atom. The highest BCUT2D eigenvalue weighted by Gasteiger charge is 2.63. The number of carbonyl (C=O) groups is 1. The molecule has 5 nitrogen and oxygen atoms in total. The molecule has 3 atom stereocenters. The fourth-order valence-corrected chi connectivity index (χ4v) is 3.26. The first-order valence-electron chi connectivity index (χ1n) is 7.50. The summed E-state index contributed by atoms with van der Waals surface area (Å²) < 4.78 is 0. The number of amides is 1. The third-order valence-corrected chi connectivity index (χ3v) is 4.55. The summed E-state index contributed by atoms with van der Waals surface area (Å²) in [6, 6.07) is 9.71. The largest absolute Gasteiger partial charge is 0.342 e. The molecule has 0 spiro atoms. The molecule has 0 N–H and O–H groups in total. The number of rotatable bonds is 6. The monoisotopic (exact) mass is 286 g/mol. The predicted molar refractivity (Wildman–Crippen MR) is 82.8 cm³/mol. The van der Waals surface area contributed by atoms with Gasteiger partial charge in [0.15, 0.2) is 0 Å². The van der Waals surface area contributed by atoms with Gasteiger partial charge in [-0.05, 0) is 37.3 Å². The van der Waals surface area contributed by atoms with Crippen molar-refractivity contribution in [2.45, 2.75) is 38.6 Å². The Bertz CT molecular complexity index is 549. The van der Waals surface area contributed by atoms with Gasteiger partial charge in [-0.3, -0.25) is 4.79 Å². The smallest absolute Gasteiger partial charge is 0.233 e. The molecule has 0 unspecified atom stereocenters. The van der Waals surface area contributed by atoms with Crippen molar-refractivity contribution in [3.8, 4) is 0 Å². The summed E-state index contributed by atoms with van der Waals surface area (Å²) in [7, 11) is 0. The van der Waals surface area contributed by atoms with E-state index in [4.69, 9.17) is 5.53 Å². The number of hydrogen-bond donors (Lipinski definition) is 0. The van der Waals surface area contributed by atoms with Gasteiger partial charge in [-0.15, -0.1) is 0 Å². The van der Waals surface area contributed by atoms with Gasteiger partial charge in [-0.2, -0.15) is 0 Å². The molecule has 1 aromatic rings. The second kappa shape index (κ2) is 6.19. The zero-order valence-corrected chi connectivity index (χ0v) is 12.9. The second-order valence-corrected chi connectivity index (χ2v) is 5.57. The summed E-state index contributed by atoms with van der Waals surface area (Å²) in [5, 5.41) is 3.81. The lowest BCUT2D eigenvalue weighted by Gasteiger charge is -2.27. The molecular formula is C16H22N4O. The Morgan fingerprint density at radius 2 is 2.05 bits per heavy atom. The maximum Gasteiger partial charge on any atom is 0.233 e. The van der Waals surface area contributed by atoms with Gasteiger partial charge in [0.05, 0.1) is 5.41 Å². The summed E-state index contributed by atoms with van der Waals surface area (Å²) in [5.74, 6) is 0.243. The summed E-state index contributed by atoms with van der Waals surface area (Å²) in [6.07, 6.45) is 0.756. The normalized spacial score (nSPS) is 24.8. The first-order valence-corrected chi connectivity index (χ1v) is 7.50. The third-order valence-electron chi connectivity index (χ3n) is 4.55. The molecule has 0 saturated heterocycles. The summed E-state index contributed by atoms with van der Waals surface area (Å²) in [4.78, 5) is 17.8. The first-order chi connectivity index (χ1) is 10.1. The van der Waals surface area contributed by atoms with Crippen LogP contribution in [-0.4, -0.2) is 29.9 Å². The molecular weight excluding hydrogens is 264 g/mol. The van der Waals surface area contributed by atoms with Crippen molar-refractivity contribution in [2.75, 3.05) is 13.1 Å². The fraction of sp³-hybridized carbons (Fsp3) is 0.562. The molecule has 0 aromatic heterocycles. The third kappa shape index (κ3) is 2.61. The van der Waals surface area contributed by atoms with Crippen molar-refractivity contribution in [2.24, 2.45) is 11.0 Å². The lowest BCUT2D eigenvalue weighted by molar-refractivity contribution is -0.134. The highest BCUT2D eigenvalue weighted by molar-refractivity contribution is 5.92. The SMILES string of the molecule is CCN(CC)C(=O)[C@]1(c2ccccc2)C[C@@H]1[C@@H](C)N=[N+]=[N-]. The molecule has 1 aliphatic carbocycles. The van der Waals surface area contributed by atoms with E-state index in [-0.39, 0.29) is 17.9 Å². The van der Waals surface area contributed by atoms with Crippen LogP contribution in [0.5, 0.6) is 0 Å². The summed E-state index contributed by atoms with van der Waals surface area (Å²) in [6.45, 7) is 7.28. The topological polar surface area (TPSA) is 69.1 Å². The molecule has 0 aliphatic heterocycles. The van der Waals surface area contributed by atoms with Gasteiger partial charge in [-0.1, -0.05) is 42.4 Å². The summed E-state index contributed by atoms with van der Waals surface area (Å²) in [5.41, 5.74) is 9.18. The number of hydrogen-bond acceptors (Lipinski definition) is 2. The zero-order chi connectivity index (χ0) is 15.5. The second-order valence-electron chi connectivity index (χ2n) is 5.57. The van der Waals surface area contributed by atoms with Crippen LogP contribution in [0.2, 0.25) is 0 Å². The lowest BCUT2D eigenvalue weighted by atomic mass is 9.89. The predicted octanol–water partition coefficient (Wildman–Crippen LogP) is 3.51. The minimum Gasteiger partial charge on any atom is -0.342 e. The molecule has 1 fully saturated rings. The minimum absolute atomic E-state index is 0.0869. The molecule has 1 aliphatic rings. The average Bonchev–Trinajstić information content (AvgIpc) is 3.26. The van der Waals surface area contributed by atoms with Crippen molar-refractivity contribution >= 4 is 5.91 Å². The van der Waals surface area contributed by atoms with Crippen LogP contribution in [0.1, 0.15) is 32.8 Å². The highest BCUT2D eigenvalue weighted by Crippen LogP contribution is 2.57. The van der Waals surface area contributed by atoms with Gasteiger partial charge >= 0.3 is 0 Å². The fourth-order valence-electron chi connectivity index (χ4n) is 3.26. The number of carbonyl (C=O) groups excluding carboxylic acids is 1. The van der Waals surface area contributed by atoms with Crippen LogP contribution < -0.4 is 0 Å². The minimum atomic E-state index is -0.513. The number of nitrogens with zero attached hydrogens (tertiary/aromatic N) is 4. The molecule has 2 rings (SSSR count). The van der Waals surface area contributed by atoms with Gasteiger partial charge < -0.3 is 4.90 Å². The maximum atomic E-state index is 13.0. The van der Waals surface area contributed by atoms with Crippen molar-refractivity contribution < 1.29 is 4.79 Å². The van der Waals surface area contributed by atoms with Gasteiger partial charge in [0.2, 0.25) is 5.91 Å². The average molecular weight is 286 g/mol. The molecule has 112 valence electrons. The van der Waals surface area contributed by atoms with Crippen LogP contribution in [0.3, 0.4) is 0 Å². The number of benzene rings is 1. The van der Waals surface area contributed by atoms with Crippen LogP contribution in [-0.2, 0) is 10.2 Å². The van der Waals surface area contributed by atoms with Crippen LogP contribution in [0.4, 0.5) is 0 Å². The molecule has 0 bridgehead atoms. The maximum absolute atomic E-state index is 13.0. The van der Waals surface area contributed by atoms with E-state index in [0.717, 1.165) is 12.0 Å². The standard InChI is InChI=1S/C16H22N4O/c1-4-20(5-2)15(21)16(13-9-7-6-8-10-13)11-14(16)12(3)18-19-17/h6-10,12,14H,4-5,11H2,1-3H3/t12-,14-,16+/m1/s1. The Morgan fingerprint density at radius 3 is 2.57 bits per heavy atom. The van der Waals surface area contributed by atoms with Crippen molar-refractivity contribution in [3.63, 3.8) is 0 Å². The van der Waals surface area contributed by atoms with E-state index < -0.39 is 5.41 Å². The number of likely N-dealkylation sites (N-methyl/N-ethyl adjacent to an activating group) is 1. The van der Waals surface area contributed by atoms with E-state index in [0.29, 0.717) is 13.1 Å². The van der Waals surface area contributed by atoms with Gasteiger partial charge in [0.25, 0.3) is 0 Å². The molecule has 1 saturated carbocycles. The van der Waals surface area contributed by atoms with Crippen molar-refractivity contribution in [1.29, 1.82) is 0 Å². The van der Waals surface area contributed by atoms with E-state index in [1.807, 2.05) is 56.0 Å². The van der Waals surface area contributed by atoms with E-state index in [9.17, 15) is 4.79 Å². The molecule has 0 radical (unpaired) electrons. The van der Waals surface area contributed by atoms with Crippen LogP contribution >= 0.6 is 0 Å². The van der Waals surface area contributed by atoms with Gasteiger partial charge in [0, 0.05) is 24.0 Å². The van der Waals surface area contributed by atoms with E-state index in [2.05, 4.69) is 10.0 Å². The zero-order valence-electron chi connectivity index (χ0n) is 12.9. The Labute approximate surface area is 125 Å². The Kier molecular flexibility index (Phi) is 4.53. The quantitative estimate of drug-likeness (QED) is 0.448. The lowest BCUT2D eigenvalue weighted by Crippen LogP contribution is -2.41. The number of azide groups is 1. The highest BCUT2D eigenvalue weighted by atomic mass is 16.2. The molecule has 1 aromatic carbocycles. The van der Waals surface area contributed by atoms with Crippen molar-refractivity contribution in [3.05, 3.63) is 46.3 Å². The van der Waals surface area contributed by atoms with E-state index >= 15 is 0 Å². The Hall–Kier alpha value is -2.00. The van der Waals surface area contributed by atoms with E-state index in [1.54, 1.807) is 0 Å². The Balaban J connectivity index is 2.39. The van der Waals surface area contributed by atoms with Gasteiger partial charge in [0.1, 0.15) is 0 Å². The van der Waals surface area contributed by atoms with Crippen molar-refractivity contribution in [1.82, 2.24) is 4.90 Å². The molecule has 5 heteroatoms. The van der Waals surface area contributed by atoms with Gasteiger partial charge in [-0.25, -0.2) is 0 Å². The van der Waals surface area contributed by atoms with Crippen LogP contribution in [0.25, 0.3) is 10.4 Å².